The van der Waals surface area contributed by atoms with Crippen LogP contribution in [0.5, 0.6) is 0 Å². The van der Waals surface area contributed by atoms with E-state index in [0.29, 0.717) is 18.5 Å². The molecule has 0 unspecified atom stereocenters. The number of hydrogen-bond donors (Lipinski definition) is 2. The summed E-state index contributed by atoms with van der Waals surface area (Å²) in [5, 5.41) is 7.91. The normalized spacial score (nSPS) is 11.5. The summed E-state index contributed by atoms with van der Waals surface area (Å²) in [6, 6.07) is 11.7. The molecule has 1 amide bonds. The van der Waals surface area contributed by atoms with E-state index >= 15 is 0 Å². The Morgan fingerprint density at radius 1 is 1.17 bits per heavy atom. The summed E-state index contributed by atoms with van der Waals surface area (Å²) in [6.45, 7) is 0.453. The Morgan fingerprint density at radius 3 is 2.62 bits per heavy atom. The van der Waals surface area contributed by atoms with Gasteiger partial charge >= 0.3 is 0 Å². The van der Waals surface area contributed by atoms with E-state index in [9.17, 15) is 13.2 Å². The molecule has 3 rings (SSSR count). The first kappa shape index (κ1) is 16.6. The minimum atomic E-state index is -3.68. The molecule has 0 aliphatic carbocycles. The Hall–Kier alpha value is -2.29. The molecule has 124 valence electrons. The molecule has 8 heteroatoms. The van der Waals surface area contributed by atoms with Crippen molar-refractivity contribution < 1.29 is 13.2 Å². The van der Waals surface area contributed by atoms with Crippen molar-refractivity contribution in [3.05, 3.63) is 59.1 Å². The fourth-order valence-electron chi connectivity index (χ4n) is 2.26. The number of nitrogens with two attached hydrogens (primary N) is 1. The van der Waals surface area contributed by atoms with Gasteiger partial charge in [0.2, 0.25) is 10.0 Å². The number of sulfonamides is 1. The second-order valence-electron chi connectivity index (χ2n) is 5.23. The van der Waals surface area contributed by atoms with Crippen molar-refractivity contribution in [1.29, 1.82) is 0 Å². The van der Waals surface area contributed by atoms with Crippen molar-refractivity contribution >= 4 is 37.5 Å². The van der Waals surface area contributed by atoms with Crippen molar-refractivity contribution in [3.63, 3.8) is 0 Å². The molecule has 3 aromatic rings. The molecule has 0 radical (unpaired) electrons. The molecule has 0 bridgehead atoms. The zero-order valence-electron chi connectivity index (χ0n) is 12.6. The number of aromatic nitrogens is 1. The highest BCUT2D eigenvalue weighted by atomic mass is 32.2. The highest BCUT2D eigenvalue weighted by molar-refractivity contribution is 7.89. The van der Waals surface area contributed by atoms with Gasteiger partial charge in [-0.15, -0.1) is 11.3 Å². The summed E-state index contributed by atoms with van der Waals surface area (Å²) < 4.78 is 23.4. The van der Waals surface area contributed by atoms with Crippen LogP contribution >= 0.6 is 11.3 Å². The lowest BCUT2D eigenvalue weighted by molar-refractivity contribution is 0.0954. The van der Waals surface area contributed by atoms with E-state index in [-0.39, 0.29) is 10.8 Å². The molecule has 0 spiro atoms. The number of primary sulfonamides is 1. The Bertz CT molecular complexity index is 979. The number of nitrogens with one attached hydrogen (secondary N) is 1. The quantitative estimate of drug-likeness (QED) is 0.725. The minimum absolute atomic E-state index is 0.0770. The maximum atomic E-state index is 12.2. The Balaban J connectivity index is 1.58. The van der Waals surface area contributed by atoms with E-state index < -0.39 is 10.0 Å². The first-order valence-electron chi connectivity index (χ1n) is 7.17. The van der Waals surface area contributed by atoms with E-state index in [1.165, 1.54) is 23.5 Å². The molecule has 3 N–H and O–H groups in total. The van der Waals surface area contributed by atoms with E-state index in [1.807, 2.05) is 12.1 Å². The number of benzene rings is 2. The average molecular weight is 361 g/mol. The number of fused-ring (bicyclic) bond motifs is 1. The molecule has 2 aromatic carbocycles. The van der Waals surface area contributed by atoms with E-state index in [0.717, 1.165) is 15.8 Å². The maximum Gasteiger partial charge on any atom is 0.251 e. The smallest absolute Gasteiger partial charge is 0.251 e. The second-order valence-corrected chi connectivity index (χ2v) is 7.68. The molecular formula is C16H15N3O3S2. The van der Waals surface area contributed by atoms with Gasteiger partial charge < -0.3 is 5.32 Å². The predicted octanol–water partition coefficient (Wildman–Crippen LogP) is 1.92. The van der Waals surface area contributed by atoms with Gasteiger partial charge in [0.25, 0.3) is 5.91 Å². The molecular weight excluding hydrogens is 346 g/mol. The van der Waals surface area contributed by atoms with Crippen LogP contribution in [0.15, 0.2) is 52.9 Å². The Kier molecular flexibility index (Phi) is 4.61. The number of hydrogen-bond acceptors (Lipinski definition) is 5. The lowest BCUT2D eigenvalue weighted by atomic mass is 10.1. The van der Waals surface area contributed by atoms with Crippen molar-refractivity contribution in [2.24, 2.45) is 5.14 Å². The van der Waals surface area contributed by atoms with Gasteiger partial charge in [0.15, 0.2) is 0 Å². The van der Waals surface area contributed by atoms with Crippen LogP contribution in [0.2, 0.25) is 0 Å². The number of carbonyl (C=O) groups excluding carboxylic acids is 1. The van der Waals surface area contributed by atoms with Crippen LogP contribution in [-0.2, 0) is 16.4 Å². The molecule has 0 aliphatic rings. The zero-order valence-corrected chi connectivity index (χ0v) is 14.2. The molecule has 6 nitrogen and oxygen atoms in total. The standard InChI is InChI=1S/C16H15N3O3S2/c17-24(21,22)13-4-1-11(2-5-13)7-8-18-16(20)12-3-6-14-15(9-12)23-10-19-14/h1-6,9-10H,7-8H2,(H,18,20)(H2,17,21,22). The lowest BCUT2D eigenvalue weighted by Crippen LogP contribution is -2.25. The molecule has 24 heavy (non-hydrogen) atoms. The van der Waals surface area contributed by atoms with Crippen LogP contribution in [0.3, 0.4) is 0 Å². The Labute approximate surface area is 143 Å². The van der Waals surface area contributed by atoms with Gasteiger partial charge in [-0.25, -0.2) is 18.5 Å². The molecule has 1 aromatic heterocycles. The summed E-state index contributed by atoms with van der Waals surface area (Å²) >= 11 is 1.49. The first-order chi connectivity index (χ1) is 11.4. The van der Waals surface area contributed by atoms with E-state index in [1.54, 1.807) is 23.7 Å². The third-order valence-electron chi connectivity index (χ3n) is 3.54. The van der Waals surface area contributed by atoms with Crippen LogP contribution in [0.25, 0.3) is 10.2 Å². The average Bonchev–Trinajstić information content (AvgIpc) is 3.02. The van der Waals surface area contributed by atoms with Crippen LogP contribution < -0.4 is 10.5 Å². The van der Waals surface area contributed by atoms with Gasteiger partial charge in [0, 0.05) is 12.1 Å². The Morgan fingerprint density at radius 2 is 1.92 bits per heavy atom. The minimum Gasteiger partial charge on any atom is -0.352 e. The molecule has 1 heterocycles. The summed E-state index contributed by atoms with van der Waals surface area (Å²) in [4.78, 5) is 16.4. The van der Waals surface area contributed by atoms with Crippen LogP contribution in [-0.4, -0.2) is 25.9 Å². The van der Waals surface area contributed by atoms with Gasteiger partial charge in [-0.1, -0.05) is 12.1 Å². The maximum absolute atomic E-state index is 12.2. The highest BCUT2D eigenvalue weighted by Gasteiger charge is 2.08. The summed E-state index contributed by atoms with van der Waals surface area (Å²) in [5.41, 5.74) is 4.14. The summed E-state index contributed by atoms with van der Waals surface area (Å²) in [5.74, 6) is -0.147. The highest BCUT2D eigenvalue weighted by Crippen LogP contribution is 2.19. The van der Waals surface area contributed by atoms with Crippen molar-refractivity contribution in [2.75, 3.05) is 6.54 Å². The number of carbonyl (C=O) groups is 1. The van der Waals surface area contributed by atoms with E-state index in [2.05, 4.69) is 10.3 Å². The van der Waals surface area contributed by atoms with Crippen molar-refractivity contribution in [2.45, 2.75) is 11.3 Å². The first-order valence-corrected chi connectivity index (χ1v) is 9.59. The number of thiazole rings is 1. The number of amides is 1. The zero-order chi connectivity index (χ0) is 17.2. The molecule has 0 saturated carbocycles. The number of rotatable bonds is 5. The van der Waals surface area contributed by atoms with Gasteiger partial charge in [0.05, 0.1) is 20.6 Å². The molecule has 0 saturated heterocycles. The third-order valence-corrected chi connectivity index (χ3v) is 5.27. The van der Waals surface area contributed by atoms with Crippen molar-refractivity contribution in [3.8, 4) is 0 Å². The van der Waals surface area contributed by atoms with Crippen LogP contribution in [0, 0.1) is 0 Å². The predicted molar refractivity (Wildman–Crippen MR) is 93.5 cm³/mol. The van der Waals surface area contributed by atoms with Crippen molar-refractivity contribution in [1.82, 2.24) is 10.3 Å². The monoisotopic (exact) mass is 361 g/mol. The lowest BCUT2D eigenvalue weighted by Gasteiger charge is -2.06. The summed E-state index contributed by atoms with van der Waals surface area (Å²) in [7, 11) is -3.68. The fourth-order valence-corrected chi connectivity index (χ4v) is 3.50. The topological polar surface area (TPSA) is 102 Å². The third kappa shape index (κ3) is 3.78. The van der Waals surface area contributed by atoms with Gasteiger partial charge in [-0.3, -0.25) is 4.79 Å². The second kappa shape index (κ2) is 6.68. The number of nitrogens with zero attached hydrogens (tertiary/aromatic N) is 1. The SMILES string of the molecule is NS(=O)(=O)c1ccc(CCNC(=O)c2ccc3ncsc3c2)cc1. The molecule has 0 aliphatic heterocycles. The van der Waals surface area contributed by atoms with Gasteiger partial charge in [-0.05, 0) is 42.3 Å². The van der Waals surface area contributed by atoms with Gasteiger partial charge in [0.1, 0.15) is 0 Å². The van der Waals surface area contributed by atoms with E-state index in [4.69, 9.17) is 5.14 Å². The fraction of sp³-hybridized carbons (Fsp3) is 0.125. The summed E-state index contributed by atoms with van der Waals surface area (Å²) in [6.07, 6.45) is 0.597. The molecule has 0 atom stereocenters. The molecule has 0 fully saturated rings. The largest absolute Gasteiger partial charge is 0.352 e. The van der Waals surface area contributed by atoms with Gasteiger partial charge in [-0.2, -0.15) is 0 Å². The van der Waals surface area contributed by atoms with Crippen LogP contribution in [0.1, 0.15) is 15.9 Å². The van der Waals surface area contributed by atoms with Crippen LogP contribution in [0.4, 0.5) is 0 Å².